The van der Waals surface area contributed by atoms with Crippen molar-refractivity contribution in [2.75, 3.05) is 0 Å². The van der Waals surface area contributed by atoms with E-state index in [2.05, 4.69) is 18.2 Å². The lowest BCUT2D eigenvalue weighted by molar-refractivity contribution is -0.122. The molecule has 17 heavy (non-hydrogen) atoms. The smallest absolute Gasteiger partial charge is 0.135 e. The minimum absolute atomic E-state index is 0.0543. The van der Waals surface area contributed by atoms with E-state index >= 15 is 0 Å². The minimum Gasteiger partial charge on any atom is -0.365 e. The van der Waals surface area contributed by atoms with Crippen molar-refractivity contribution in [3.63, 3.8) is 0 Å². The van der Waals surface area contributed by atoms with Crippen LogP contribution in [-0.2, 0) is 9.53 Å². The van der Waals surface area contributed by atoms with Gasteiger partial charge in [-0.05, 0) is 12.0 Å². The molecule has 1 aromatic rings. The van der Waals surface area contributed by atoms with Crippen LogP contribution in [0.2, 0.25) is 0 Å². The van der Waals surface area contributed by atoms with Gasteiger partial charge in [0.05, 0.1) is 12.2 Å². The molecule has 0 aromatic heterocycles. The van der Waals surface area contributed by atoms with E-state index in [4.69, 9.17) is 4.74 Å². The fourth-order valence-corrected chi connectivity index (χ4v) is 2.03. The fraction of sp³-hybridized carbons (Fsp3) is 0.400. The summed E-state index contributed by atoms with van der Waals surface area (Å²) in [6.45, 7) is 1.89. The number of rotatable bonds is 4. The molecule has 2 rings (SSSR count). The van der Waals surface area contributed by atoms with E-state index in [-0.39, 0.29) is 18.0 Å². The normalized spacial score (nSPS) is 23.6. The molecular weight excluding hydrogens is 212 g/mol. The largest absolute Gasteiger partial charge is 0.365 e. The highest BCUT2D eigenvalue weighted by molar-refractivity contribution is 5.78. The number of ketones is 1. The average molecular weight is 230 g/mol. The Hall–Kier alpha value is -1.41. The van der Waals surface area contributed by atoms with Gasteiger partial charge in [0.15, 0.2) is 0 Å². The first kappa shape index (κ1) is 12.1. The Balaban J connectivity index is 2.00. The van der Waals surface area contributed by atoms with Gasteiger partial charge in [-0.15, -0.1) is 0 Å². The number of carbonyl (C=O) groups is 1. The quantitative estimate of drug-likeness (QED) is 0.741. The Labute approximate surface area is 102 Å². The van der Waals surface area contributed by atoms with Gasteiger partial charge in [-0.25, -0.2) is 0 Å². The lowest BCUT2D eigenvalue weighted by atomic mass is 10.0. The van der Waals surface area contributed by atoms with Crippen molar-refractivity contribution in [1.29, 1.82) is 0 Å². The molecule has 1 aromatic carbocycles. The molecule has 0 saturated carbocycles. The van der Waals surface area contributed by atoms with Crippen molar-refractivity contribution in [2.24, 2.45) is 0 Å². The van der Waals surface area contributed by atoms with E-state index in [1.54, 1.807) is 0 Å². The Kier molecular flexibility index (Phi) is 4.10. The predicted octanol–water partition coefficient (Wildman–Crippen LogP) is 3.44. The van der Waals surface area contributed by atoms with Crippen LogP contribution < -0.4 is 0 Å². The molecule has 0 spiro atoms. The van der Waals surface area contributed by atoms with Gasteiger partial charge in [0.2, 0.25) is 0 Å². The molecule has 1 aliphatic rings. The second-order valence-electron chi connectivity index (χ2n) is 4.33. The number of ether oxygens (including phenoxy) is 1. The Morgan fingerprint density at radius 3 is 2.82 bits per heavy atom. The third kappa shape index (κ3) is 3.27. The molecule has 0 radical (unpaired) electrons. The summed E-state index contributed by atoms with van der Waals surface area (Å²) in [7, 11) is 0. The standard InChI is InChI=1S/C15H18O2/c1-2-13(16)11-14-9-6-10-15(17-14)12-7-4-3-5-8-12/h3-9,14-15H,2,10-11H2,1H3/t14-,15+/m0/s1. The fourth-order valence-electron chi connectivity index (χ4n) is 2.03. The van der Waals surface area contributed by atoms with Crippen LogP contribution in [0.5, 0.6) is 0 Å². The van der Waals surface area contributed by atoms with Gasteiger partial charge in [0.1, 0.15) is 5.78 Å². The van der Waals surface area contributed by atoms with Crippen LogP contribution >= 0.6 is 0 Å². The molecular formula is C15H18O2. The Bertz CT molecular complexity index is 395. The van der Waals surface area contributed by atoms with Gasteiger partial charge in [-0.2, -0.15) is 0 Å². The number of Topliss-reactive ketones (excluding diaryl/α,β-unsaturated/α-hetero) is 1. The SMILES string of the molecule is CCC(=O)C[C@@H]1C=CC[C@H](c2ccccc2)O1. The molecule has 2 nitrogen and oxygen atoms in total. The van der Waals surface area contributed by atoms with Crippen molar-refractivity contribution in [1.82, 2.24) is 0 Å². The molecule has 1 heterocycles. The van der Waals surface area contributed by atoms with Crippen molar-refractivity contribution < 1.29 is 9.53 Å². The Morgan fingerprint density at radius 1 is 1.35 bits per heavy atom. The average Bonchev–Trinajstić information content (AvgIpc) is 2.40. The van der Waals surface area contributed by atoms with Crippen LogP contribution in [0.4, 0.5) is 0 Å². The number of benzene rings is 1. The van der Waals surface area contributed by atoms with Gasteiger partial charge in [-0.1, -0.05) is 49.4 Å². The summed E-state index contributed by atoms with van der Waals surface area (Å²) in [6, 6.07) is 10.2. The van der Waals surface area contributed by atoms with Gasteiger partial charge in [0, 0.05) is 12.8 Å². The van der Waals surface area contributed by atoms with Gasteiger partial charge in [-0.3, -0.25) is 4.79 Å². The maximum atomic E-state index is 11.4. The van der Waals surface area contributed by atoms with Crippen molar-refractivity contribution in [2.45, 2.75) is 38.4 Å². The molecule has 0 N–H and O–H groups in total. The zero-order chi connectivity index (χ0) is 12.1. The first-order chi connectivity index (χ1) is 8.29. The van der Waals surface area contributed by atoms with Gasteiger partial charge >= 0.3 is 0 Å². The highest BCUT2D eigenvalue weighted by atomic mass is 16.5. The third-order valence-electron chi connectivity index (χ3n) is 3.03. The lowest BCUT2D eigenvalue weighted by Gasteiger charge is -2.26. The summed E-state index contributed by atoms with van der Waals surface area (Å²) >= 11 is 0. The van der Waals surface area contributed by atoms with Crippen molar-refractivity contribution >= 4 is 5.78 Å². The highest BCUT2D eigenvalue weighted by Crippen LogP contribution is 2.28. The molecule has 1 aliphatic heterocycles. The molecule has 2 atom stereocenters. The first-order valence-electron chi connectivity index (χ1n) is 6.18. The van der Waals surface area contributed by atoms with E-state index in [0.717, 1.165) is 6.42 Å². The summed E-state index contributed by atoms with van der Waals surface area (Å²) in [6.07, 6.45) is 6.14. The molecule has 0 saturated heterocycles. The summed E-state index contributed by atoms with van der Waals surface area (Å²) < 4.78 is 5.94. The second kappa shape index (κ2) is 5.78. The molecule has 0 bridgehead atoms. The van der Waals surface area contributed by atoms with E-state index in [9.17, 15) is 4.79 Å². The van der Waals surface area contributed by atoms with E-state index in [0.29, 0.717) is 12.8 Å². The van der Waals surface area contributed by atoms with E-state index < -0.39 is 0 Å². The van der Waals surface area contributed by atoms with Crippen molar-refractivity contribution in [3.05, 3.63) is 48.0 Å². The Morgan fingerprint density at radius 2 is 2.12 bits per heavy atom. The van der Waals surface area contributed by atoms with Gasteiger partial charge in [0.25, 0.3) is 0 Å². The van der Waals surface area contributed by atoms with Crippen LogP contribution in [0.3, 0.4) is 0 Å². The number of hydrogen-bond acceptors (Lipinski definition) is 2. The topological polar surface area (TPSA) is 26.3 Å². The third-order valence-corrected chi connectivity index (χ3v) is 3.03. The molecule has 0 fully saturated rings. The summed E-state index contributed by atoms with van der Waals surface area (Å²) in [5, 5.41) is 0. The van der Waals surface area contributed by atoms with Crippen molar-refractivity contribution in [3.8, 4) is 0 Å². The van der Waals surface area contributed by atoms with Crippen LogP contribution in [0.15, 0.2) is 42.5 Å². The highest BCUT2D eigenvalue weighted by Gasteiger charge is 2.20. The maximum absolute atomic E-state index is 11.4. The molecule has 90 valence electrons. The van der Waals surface area contributed by atoms with Crippen LogP contribution in [0, 0.1) is 0 Å². The van der Waals surface area contributed by atoms with Crippen LogP contribution in [0.1, 0.15) is 37.9 Å². The summed E-state index contributed by atoms with van der Waals surface area (Å²) in [4.78, 5) is 11.4. The first-order valence-corrected chi connectivity index (χ1v) is 6.18. The van der Waals surface area contributed by atoms with Gasteiger partial charge < -0.3 is 4.74 Å². The molecule has 2 heteroatoms. The zero-order valence-corrected chi connectivity index (χ0v) is 10.1. The zero-order valence-electron chi connectivity index (χ0n) is 10.1. The van der Waals surface area contributed by atoms with Crippen LogP contribution in [-0.4, -0.2) is 11.9 Å². The minimum atomic E-state index is -0.0543. The number of carbonyl (C=O) groups excluding carboxylic acids is 1. The summed E-state index contributed by atoms with van der Waals surface area (Å²) in [5.41, 5.74) is 1.19. The predicted molar refractivity (Wildman–Crippen MR) is 67.7 cm³/mol. The number of hydrogen-bond donors (Lipinski definition) is 0. The monoisotopic (exact) mass is 230 g/mol. The van der Waals surface area contributed by atoms with Crippen LogP contribution in [0.25, 0.3) is 0 Å². The molecule has 0 amide bonds. The van der Waals surface area contributed by atoms with E-state index in [1.165, 1.54) is 5.56 Å². The summed E-state index contributed by atoms with van der Waals surface area (Å²) in [5.74, 6) is 0.258. The maximum Gasteiger partial charge on any atom is 0.135 e. The lowest BCUT2D eigenvalue weighted by Crippen LogP contribution is -2.21. The molecule has 0 aliphatic carbocycles. The van der Waals surface area contributed by atoms with E-state index in [1.807, 2.05) is 31.2 Å². The molecule has 0 unspecified atom stereocenters. The second-order valence-corrected chi connectivity index (χ2v) is 4.33.